The molecule has 0 unspecified atom stereocenters. The molecule has 1 N–H and O–H groups in total. The van der Waals surface area contributed by atoms with Crippen LogP contribution >= 0.6 is 31.9 Å². The first-order chi connectivity index (χ1) is 12.5. The van der Waals surface area contributed by atoms with Crippen LogP contribution in [-0.2, 0) is 13.1 Å². The number of halogens is 2. The monoisotopic (exact) mass is 487 g/mol. The number of methoxy groups -OCH3 is 3. The molecule has 2 aromatic rings. The highest BCUT2D eigenvalue weighted by Crippen LogP contribution is 2.39. The van der Waals surface area contributed by atoms with Crippen molar-refractivity contribution in [3.05, 3.63) is 44.3 Å². The van der Waals surface area contributed by atoms with Gasteiger partial charge in [0.05, 0.1) is 36.9 Å². The number of hydrogen-bond acceptors (Lipinski definition) is 5. The molecule has 5 nitrogen and oxygen atoms in total. The summed E-state index contributed by atoms with van der Waals surface area (Å²) in [7, 11) is 4.84. The first-order valence-corrected chi connectivity index (χ1v) is 9.73. The van der Waals surface area contributed by atoms with Crippen LogP contribution < -0.4 is 24.3 Å². The van der Waals surface area contributed by atoms with Crippen LogP contribution in [0.4, 0.5) is 0 Å². The highest BCUT2D eigenvalue weighted by Gasteiger charge is 2.15. The standard InChI is InChI=1S/C19H23Br2NO4/c1-5-26-18-14(20)8-12(9-15(18)21)10-22-11-13-6-7-16(23-2)19(25-4)17(13)24-3/h6-9,22H,5,10-11H2,1-4H3. The van der Waals surface area contributed by atoms with Crippen molar-refractivity contribution in [1.82, 2.24) is 5.32 Å². The Kier molecular flexibility index (Phi) is 8.06. The van der Waals surface area contributed by atoms with E-state index in [1.165, 1.54) is 0 Å². The van der Waals surface area contributed by atoms with Gasteiger partial charge in [-0.05, 0) is 62.5 Å². The van der Waals surface area contributed by atoms with E-state index in [1.807, 2.05) is 19.1 Å². The van der Waals surface area contributed by atoms with Crippen molar-refractivity contribution in [3.63, 3.8) is 0 Å². The molecule has 0 heterocycles. The molecule has 2 rings (SSSR count). The minimum absolute atomic E-state index is 0.598. The van der Waals surface area contributed by atoms with Crippen molar-refractivity contribution >= 4 is 31.9 Å². The van der Waals surface area contributed by atoms with Gasteiger partial charge in [0.25, 0.3) is 0 Å². The SMILES string of the molecule is CCOc1c(Br)cc(CNCc2ccc(OC)c(OC)c2OC)cc1Br. The maximum absolute atomic E-state index is 5.62. The van der Waals surface area contributed by atoms with Crippen LogP contribution in [-0.4, -0.2) is 27.9 Å². The molecule has 0 bridgehead atoms. The summed E-state index contributed by atoms with van der Waals surface area (Å²) in [4.78, 5) is 0. The molecular weight excluding hydrogens is 466 g/mol. The number of rotatable bonds is 9. The van der Waals surface area contributed by atoms with Gasteiger partial charge in [0.2, 0.25) is 5.75 Å². The first-order valence-electron chi connectivity index (χ1n) is 8.14. The fourth-order valence-electron chi connectivity index (χ4n) is 2.64. The van der Waals surface area contributed by atoms with E-state index < -0.39 is 0 Å². The third-order valence-corrected chi connectivity index (χ3v) is 4.96. The van der Waals surface area contributed by atoms with Crippen LogP contribution in [0.2, 0.25) is 0 Å². The lowest BCUT2D eigenvalue weighted by atomic mass is 10.1. The lowest BCUT2D eigenvalue weighted by Crippen LogP contribution is -2.14. The van der Waals surface area contributed by atoms with Crippen molar-refractivity contribution < 1.29 is 18.9 Å². The molecule has 0 aliphatic heterocycles. The normalized spacial score (nSPS) is 10.5. The quantitative estimate of drug-likeness (QED) is 0.542. The van der Waals surface area contributed by atoms with Gasteiger partial charge in [-0.15, -0.1) is 0 Å². The Hall–Kier alpha value is -1.44. The van der Waals surface area contributed by atoms with E-state index in [0.29, 0.717) is 36.9 Å². The molecule has 0 amide bonds. The molecule has 2 aromatic carbocycles. The summed E-state index contributed by atoms with van der Waals surface area (Å²) >= 11 is 7.12. The van der Waals surface area contributed by atoms with Gasteiger partial charge in [-0.2, -0.15) is 0 Å². The Morgan fingerprint density at radius 3 is 2.04 bits per heavy atom. The number of hydrogen-bond donors (Lipinski definition) is 1. The van der Waals surface area contributed by atoms with Gasteiger partial charge < -0.3 is 24.3 Å². The Balaban J connectivity index is 2.11. The fourth-order valence-corrected chi connectivity index (χ4v) is 4.15. The minimum Gasteiger partial charge on any atom is -0.493 e. The largest absolute Gasteiger partial charge is 0.493 e. The van der Waals surface area contributed by atoms with Crippen molar-refractivity contribution in [1.29, 1.82) is 0 Å². The molecule has 142 valence electrons. The van der Waals surface area contributed by atoms with E-state index in [-0.39, 0.29) is 0 Å². The summed E-state index contributed by atoms with van der Waals surface area (Å²) in [5.41, 5.74) is 2.13. The molecule has 0 saturated heterocycles. The Bertz CT molecular complexity index is 730. The average molecular weight is 489 g/mol. The van der Waals surface area contributed by atoms with Crippen molar-refractivity contribution in [2.45, 2.75) is 20.0 Å². The molecule has 26 heavy (non-hydrogen) atoms. The van der Waals surface area contributed by atoms with Crippen molar-refractivity contribution in [3.8, 4) is 23.0 Å². The topological polar surface area (TPSA) is 49.0 Å². The highest BCUT2D eigenvalue weighted by molar-refractivity contribution is 9.11. The average Bonchev–Trinajstić information content (AvgIpc) is 2.64. The molecule has 0 aliphatic carbocycles. The Morgan fingerprint density at radius 2 is 1.50 bits per heavy atom. The van der Waals surface area contributed by atoms with E-state index in [9.17, 15) is 0 Å². The van der Waals surface area contributed by atoms with Gasteiger partial charge in [-0.3, -0.25) is 0 Å². The maximum atomic E-state index is 5.62. The van der Waals surface area contributed by atoms with Crippen LogP contribution in [0.15, 0.2) is 33.2 Å². The second kappa shape index (κ2) is 10.0. The van der Waals surface area contributed by atoms with Crippen LogP contribution in [0, 0.1) is 0 Å². The zero-order valence-corrected chi connectivity index (χ0v) is 18.5. The van der Waals surface area contributed by atoms with Crippen LogP contribution in [0.5, 0.6) is 23.0 Å². The second-order valence-electron chi connectivity index (χ2n) is 5.42. The molecule has 0 aliphatic rings. The summed E-state index contributed by atoms with van der Waals surface area (Å²) in [5, 5.41) is 3.43. The Labute approximate surface area is 171 Å². The van der Waals surface area contributed by atoms with Gasteiger partial charge in [0, 0.05) is 18.7 Å². The van der Waals surface area contributed by atoms with E-state index in [0.717, 1.165) is 25.8 Å². The van der Waals surface area contributed by atoms with Gasteiger partial charge in [0.15, 0.2) is 11.5 Å². The molecule has 0 fully saturated rings. The lowest BCUT2D eigenvalue weighted by molar-refractivity contribution is 0.321. The summed E-state index contributed by atoms with van der Waals surface area (Å²) in [6.45, 7) is 3.91. The van der Waals surface area contributed by atoms with Gasteiger partial charge in [-0.1, -0.05) is 6.07 Å². The summed E-state index contributed by atoms with van der Waals surface area (Å²) in [6, 6.07) is 7.95. The number of ether oxygens (including phenoxy) is 4. The number of nitrogens with one attached hydrogen (secondary N) is 1. The zero-order valence-electron chi connectivity index (χ0n) is 15.3. The van der Waals surface area contributed by atoms with Gasteiger partial charge in [-0.25, -0.2) is 0 Å². The van der Waals surface area contributed by atoms with E-state index in [2.05, 4.69) is 49.3 Å². The smallest absolute Gasteiger partial charge is 0.203 e. The number of benzene rings is 2. The highest BCUT2D eigenvalue weighted by atomic mass is 79.9. The van der Waals surface area contributed by atoms with Crippen LogP contribution in [0.25, 0.3) is 0 Å². The first kappa shape index (κ1) is 20.9. The Morgan fingerprint density at radius 1 is 0.846 bits per heavy atom. The summed E-state index contributed by atoms with van der Waals surface area (Å²) in [6.07, 6.45) is 0. The predicted molar refractivity (Wildman–Crippen MR) is 110 cm³/mol. The maximum Gasteiger partial charge on any atom is 0.203 e. The predicted octanol–water partition coefficient (Wildman–Crippen LogP) is 4.93. The molecule has 0 aromatic heterocycles. The molecule has 0 saturated carbocycles. The van der Waals surface area contributed by atoms with Crippen LogP contribution in [0.3, 0.4) is 0 Å². The molecular formula is C19H23Br2NO4. The van der Waals surface area contributed by atoms with Gasteiger partial charge in [0.1, 0.15) is 5.75 Å². The third kappa shape index (κ3) is 4.84. The molecule has 0 spiro atoms. The van der Waals surface area contributed by atoms with Crippen LogP contribution in [0.1, 0.15) is 18.1 Å². The lowest BCUT2D eigenvalue weighted by Gasteiger charge is -2.16. The molecule has 0 radical (unpaired) electrons. The fraction of sp³-hybridized carbons (Fsp3) is 0.368. The van der Waals surface area contributed by atoms with E-state index in [4.69, 9.17) is 18.9 Å². The summed E-state index contributed by atoms with van der Waals surface area (Å²) < 4.78 is 23.7. The third-order valence-electron chi connectivity index (χ3n) is 3.78. The second-order valence-corrected chi connectivity index (χ2v) is 7.13. The van der Waals surface area contributed by atoms with Crippen molar-refractivity contribution in [2.75, 3.05) is 27.9 Å². The van der Waals surface area contributed by atoms with E-state index >= 15 is 0 Å². The molecule has 0 atom stereocenters. The minimum atomic E-state index is 0.598. The van der Waals surface area contributed by atoms with E-state index in [1.54, 1.807) is 21.3 Å². The molecule has 7 heteroatoms. The van der Waals surface area contributed by atoms with Crippen molar-refractivity contribution in [2.24, 2.45) is 0 Å². The zero-order chi connectivity index (χ0) is 19.1. The van der Waals surface area contributed by atoms with Gasteiger partial charge >= 0.3 is 0 Å². The summed E-state index contributed by atoms with van der Waals surface area (Å²) in [5.74, 6) is 2.74.